The predicted octanol–water partition coefficient (Wildman–Crippen LogP) is 3.52. The third kappa shape index (κ3) is 2.01. The molecule has 0 aliphatic carbocycles. The number of fused-ring (bicyclic) bond motifs is 1. The number of aromatic nitrogens is 2. The Bertz CT molecular complexity index is 839. The van der Waals surface area contributed by atoms with E-state index in [0.29, 0.717) is 5.39 Å². The van der Waals surface area contributed by atoms with Crippen molar-refractivity contribution in [2.24, 2.45) is 0 Å². The van der Waals surface area contributed by atoms with E-state index in [1.54, 1.807) is 0 Å². The van der Waals surface area contributed by atoms with Crippen LogP contribution in [-0.2, 0) is 0 Å². The minimum atomic E-state index is -0.0979. The molecule has 0 radical (unpaired) electrons. The monoisotopic (exact) mass is 264 g/mol. The Morgan fingerprint density at radius 3 is 2.40 bits per heavy atom. The molecule has 1 aromatic heterocycles. The number of hydrogen-bond acceptors (Lipinski definition) is 2. The van der Waals surface area contributed by atoms with Crippen molar-refractivity contribution in [2.75, 3.05) is 0 Å². The Morgan fingerprint density at radius 2 is 1.70 bits per heavy atom. The highest BCUT2D eigenvalue weighted by Crippen LogP contribution is 2.29. The summed E-state index contributed by atoms with van der Waals surface area (Å²) in [7, 11) is 0. The van der Waals surface area contributed by atoms with Gasteiger partial charge in [-0.2, -0.15) is 0 Å². The van der Waals surface area contributed by atoms with Crippen LogP contribution in [0.4, 0.5) is 0 Å². The number of H-pyrrole nitrogens is 1. The zero-order chi connectivity index (χ0) is 14.3. The fourth-order valence-electron chi connectivity index (χ4n) is 2.86. The number of aromatic amines is 1. The third-order valence-corrected chi connectivity index (χ3v) is 3.61. The van der Waals surface area contributed by atoms with E-state index in [4.69, 9.17) is 0 Å². The van der Waals surface area contributed by atoms with Crippen molar-refractivity contribution in [1.29, 1.82) is 0 Å². The lowest BCUT2D eigenvalue weighted by Crippen LogP contribution is -2.06. The van der Waals surface area contributed by atoms with E-state index in [2.05, 4.69) is 42.9 Å². The zero-order valence-electron chi connectivity index (χ0n) is 11.8. The molecule has 0 amide bonds. The molecule has 0 saturated carbocycles. The Hall–Kier alpha value is -2.42. The van der Waals surface area contributed by atoms with Crippen LogP contribution in [0.3, 0.4) is 0 Å². The Morgan fingerprint density at radius 1 is 1.00 bits per heavy atom. The Labute approximate surface area is 117 Å². The van der Waals surface area contributed by atoms with Crippen molar-refractivity contribution < 1.29 is 0 Å². The van der Waals surface area contributed by atoms with Gasteiger partial charge < -0.3 is 4.98 Å². The fraction of sp³-hybridized carbons (Fsp3) is 0.176. The van der Waals surface area contributed by atoms with E-state index in [-0.39, 0.29) is 5.56 Å². The van der Waals surface area contributed by atoms with Crippen LogP contribution in [0.25, 0.3) is 22.0 Å². The lowest BCUT2D eigenvalue weighted by molar-refractivity contribution is 1.17. The maximum Gasteiger partial charge on any atom is 0.258 e. The molecular weight excluding hydrogens is 248 g/mol. The molecule has 0 saturated heterocycles. The molecular formula is C17H16N2O. The summed E-state index contributed by atoms with van der Waals surface area (Å²) in [6, 6.07) is 10.2. The lowest BCUT2D eigenvalue weighted by atomic mass is 9.93. The minimum absolute atomic E-state index is 0.0979. The summed E-state index contributed by atoms with van der Waals surface area (Å²) in [5, 5.41) is 0.629. The first kappa shape index (κ1) is 12.6. The van der Waals surface area contributed by atoms with E-state index in [9.17, 15) is 4.79 Å². The highest BCUT2D eigenvalue weighted by molar-refractivity contribution is 5.85. The summed E-state index contributed by atoms with van der Waals surface area (Å²) in [5.41, 5.74) is 6.58. The van der Waals surface area contributed by atoms with E-state index in [1.165, 1.54) is 28.6 Å². The zero-order valence-corrected chi connectivity index (χ0v) is 11.8. The molecule has 3 rings (SSSR count). The summed E-state index contributed by atoms with van der Waals surface area (Å²) in [6.45, 7) is 6.30. The second-order valence-electron chi connectivity index (χ2n) is 5.24. The van der Waals surface area contributed by atoms with Crippen LogP contribution in [0.1, 0.15) is 16.7 Å². The molecule has 100 valence electrons. The number of hydrogen-bond donors (Lipinski definition) is 1. The quantitative estimate of drug-likeness (QED) is 0.731. The summed E-state index contributed by atoms with van der Waals surface area (Å²) < 4.78 is 0. The molecule has 1 heterocycles. The first-order chi connectivity index (χ1) is 9.56. The average Bonchev–Trinajstić information content (AvgIpc) is 2.38. The predicted molar refractivity (Wildman–Crippen MR) is 82.0 cm³/mol. The molecule has 0 unspecified atom stereocenters. The molecule has 0 aliphatic rings. The van der Waals surface area contributed by atoms with Gasteiger partial charge in [-0.15, -0.1) is 0 Å². The van der Waals surface area contributed by atoms with Gasteiger partial charge in [-0.1, -0.05) is 23.8 Å². The second-order valence-corrected chi connectivity index (χ2v) is 5.24. The normalized spacial score (nSPS) is 10.9. The number of nitrogens with one attached hydrogen (secondary N) is 1. The largest absolute Gasteiger partial charge is 0.313 e. The van der Waals surface area contributed by atoms with Gasteiger partial charge in [0.1, 0.15) is 0 Å². The lowest BCUT2D eigenvalue weighted by Gasteiger charge is -2.12. The molecule has 3 heteroatoms. The van der Waals surface area contributed by atoms with Crippen LogP contribution in [0.15, 0.2) is 41.5 Å². The summed E-state index contributed by atoms with van der Waals surface area (Å²) in [5.74, 6) is 0. The molecule has 2 aromatic carbocycles. The van der Waals surface area contributed by atoms with Gasteiger partial charge in [-0.3, -0.25) is 4.79 Å². The molecule has 0 aliphatic heterocycles. The van der Waals surface area contributed by atoms with Gasteiger partial charge in [-0.25, -0.2) is 4.98 Å². The van der Waals surface area contributed by atoms with Gasteiger partial charge in [0.05, 0.1) is 17.2 Å². The average molecular weight is 264 g/mol. The molecule has 0 bridgehead atoms. The van der Waals surface area contributed by atoms with Gasteiger partial charge >= 0.3 is 0 Å². The molecule has 20 heavy (non-hydrogen) atoms. The summed E-state index contributed by atoms with van der Waals surface area (Å²) in [4.78, 5) is 18.7. The maximum atomic E-state index is 11.9. The standard InChI is InChI=1S/C17H16N2O/c1-10-6-11(2)16(12(3)7-10)13-4-5-15-14(8-13)17(20)19-9-18-15/h4-9H,1-3H3,(H,18,19,20). The van der Waals surface area contributed by atoms with E-state index >= 15 is 0 Å². The molecule has 3 nitrogen and oxygen atoms in total. The number of benzene rings is 2. The van der Waals surface area contributed by atoms with Crippen LogP contribution in [-0.4, -0.2) is 9.97 Å². The highest BCUT2D eigenvalue weighted by Gasteiger charge is 2.08. The molecule has 3 aromatic rings. The second kappa shape index (κ2) is 4.60. The number of aryl methyl sites for hydroxylation is 3. The highest BCUT2D eigenvalue weighted by atomic mass is 16.1. The van der Waals surface area contributed by atoms with Crippen molar-refractivity contribution in [3.8, 4) is 11.1 Å². The first-order valence-electron chi connectivity index (χ1n) is 6.62. The van der Waals surface area contributed by atoms with Crippen LogP contribution < -0.4 is 5.56 Å². The Kier molecular flexibility index (Phi) is 2.90. The fourth-order valence-corrected chi connectivity index (χ4v) is 2.86. The van der Waals surface area contributed by atoms with Gasteiger partial charge in [-0.05, 0) is 55.2 Å². The van der Waals surface area contributed by atoms with Crippen molar-refractivity contribution >= 4 is 10.9 Å². The molecule has 1 N–H and O–H groups in total. The number of nitrogens with zero attached hydrogens (tertiary/aromatic N) is 1. The summed E-state index contributed by atoms with van der Waals surface area (Å²) >= 11 is 0. The van der Waals surface area contributed by atoms with Crippen LogP contribution in [0.2, 0.25) is 0 Å². The van der Waals surface area contributed by atoms with Crippen molar-refractivity contribution in [2.45, 2.75) is 20.8 Å². The van der Waals surface area contributed by atoms with Crippen LogP contribution in [0.5, 0.6) is 0 Å². The number of rotatable bonds is 1. The van der Waals surface area contributed by atoms with E-state index in [1.807, 2.05) is 18.2 Å². The van der Waals surface area contributed by atoms with Crippen LogP contribution in [0, 0.1) is 20.8 Å². The topological polar surface area (TPSA) is 45.8 Å². The molecule has 0 fully saturated rings. The van der Waals surface area contributed by atoms with E-state index < -0.39 is 0 Å². The van der Waals surface area contributed by atoms with Crippen molar-refractivity contribution in [3.63, 3.8) is 0 Å². The van der Waals surface area contributed by atoms with Gasteiger partial charge in [0.25, 0.3) is 5.56 Å². The summed E-state index contributed by atoms with van der Waals surface area (Å²) in [6.07, 6.45) is 1.44. The maximum absolute atomic E-state index is 11.9. The van der Waals surface area contributed by atoms with Gasteiger partial charge in [0.2, 0.25) is 0 Å². The van der Waals surface area contributed by atoms with Gasteiger partial charge in [0.15, 0.2) is 0 Å². The van der Waals surface area contributed by atoms with Crippen LogP contribution >= 0.6 is 0 Å². The van der Waals surface area contributed by atoms with Crippen molar-refractivity contribution in [3.05, 3.63) is 63.7 Å². The Balaban J connectivity index is 2.31. The SMILES string of the molecule is Cc1cc(C)c(-c2ccc3nc[nH]c(=O)c3c2)c(C)c1. The minimum Gasteiger partial charge on any atom is -0.313 e. The van der Waals surface area contributed by atoms with Crippen molar-refractivity contribution in [1.82, 2.24) is 9.97 Å². The smallest absolute Gasteiger partial charge is 0.258 e. The first-order valence-corrected chi connectivity index (χ1v) is 6.62. The molecule has 0 atom stereocenters. The molecule has 0 spiro atoms. The van der Waals surface area contributed by atoms with Gasteiger partial charge in [0, 0.05) is 0 Å². The van der Waals surface area contributed by atoms with E-state index in [0.717, 1.165) is 11.1 Å². The third-order valence-electron chi connectivity index (χ3n) is 3.61.